The topological polar surface area (TPSA) is 23.6 Å². The van der Waals surface area contributed by atoms with Gasteiger partial charge in [-0.3, -0.25) is 9.69 Å². The van der Waals surface area contributed by atoms with Crippen LogP contribution >= 0.6 is 23.4 Å². The predicted molar refractivity (Wildman–Crippen MR) is 110 cm³/mol. The first-order valence-corrected chi connectivity index (χ1v) is 10.6. The molecule has 0 aliphatic carbocycles. The SMILES string of the molecule is CC(C)N(CC(=O)N1CCS[C@@H]1c1ccccc1Cl)Cc1cc(F)cc(F)c1. The summed E-state index contributed by atoms with van der Waals surface area (Å²) in [5.41, 5.74) is 1.45. The molecule has 28 heavy (non-hydrogen) atoms. The van der Waals surface area contributed by atoms with Gasteiger partial charge in [-0.05, 0) is 37.6 Å². The molecule has 2 aromatic carbocycles. The van der Waals surface area contributed by atoms with E-state index in [1.165, 1.54) is 12.1 Å². The first kappa shape index (κ1) is 21.1. The molecule has 1 aliphatic heterocycles. The van der Waals surface area contributed by atoms with Gasteiger partial charge in [0.25, 0.3) is 0 Å². The molecule has 0 unspecified atom stereocenters. The van der Waals surface area contributed by atoms with Crippen LogP contribution in [0.4, 0.5) is 8.78 Å². The van der Waals surface area contributed by atoms with Gasteiger partial charge >= 0.3 is 0 Å². The lowest BCUT2D eigenvalue weighted by molar-refractivity contribution is -0.133. The maximum absolute atomic E-state index is 13.5. The van der Waals surface area contributed by atoms with E-state index >= 15 is 0 Å². The van der Waals surface area contributed by atoms with Crippen molar-refractivity contribution in [2.75, 3.05) is 18.8 Å². The number of hydrogen-bond acceptors (Lipinski definition) is 3. The molecule has 1 heterocycles. The lowest BCUT2D eigenvalue weighted by atomic mass is 10.1. The predicted octanol–water partition coefficient (Wildman–Crippen LogP) is 5.10. The van der Waals surface area contributed by atoms with Gasteiger partial charge in [-0.25, -0.2) is 8.78 Å². The van der Waals surface area contributed by atoms with Crippen LogP contribution in [0.2, 0.25) is 5.02 Å². The Morgan fingerprint density at radius 3 is 2.57 bits per heavy atom. The van der Waals surface area contributed by atoms with E-state index in [1.54, 1.807) is 11.8 Å². The van der Waals surface area contributed by atoms with Crippen molar-refractivity contribution < 1.29 is 13.6 Å². The number of nitrogens with zero attached hydrogens (tertiary/aromatic N) is 2. The molecule has 1 aliphatic rings. The summed E-state index contributed by atoms with van der Waals surface area (Å²) in [4.78, 5) is 16.8. The minimum atomic E-state index is -0.611. The number of benzene rings is 2. The monoisotopic (exact) mass is 424 g/mol. The van der Waals surface area contributed by atoms with Crippen LogP contribution in [0.15, 0.2) is 42.5 Å². The van der Waals surface area contributed by atoms with Gasteiger partial charge in [-0.1, -0.05) is 29.8 Å². The van der Waals surface area contributed by atoms with E-state index in [0.29, 0.717) is 23.7 Å². The molecule has 1 amide bonds. The van der Waals surface area contributed by atoms with Gasteiger partial charge in [-0.15, -0.1) is 11.8 Å². The Morgan fingerprint density at radius 2 is 1.93 bits per heavy atom. The highest BCUT2D eigenvalue weighted by Crippen LogP contribution is 2.40. The van der Waals surface area contributed by atoms with Crippen LogP contribution < -0.4 is 0 Å². The van der Waals surface area contributed by atoms with Gasteiger partial charge in [0.1, 0.15) is 17.0 Å². The van der Waals surface area contributed by atoms with Crippen molar-refractivity contribution in [1.29, 1.82) is 0 Å². The van der Waals surface area contributed by atoms with Crippen LogP contribution in [-0.4, -0.2) is 40.6 Å². The first-order chi connectivity index (χ1) is 13.3. The Morgan fingerprint density at radius 1 is 1.25 bits per heavy atom. The van der Waals surface area contributed by atoms with Gasteiger partial charge in [0.2, 0.25) is 5.91 Å². The summed E-state index contributed by atoms with van der Waals surface area (Å²) in [7, 11) is 0. The van der Waals surface area contributed by atoms with E-state index in [-0.39, 0.29) is 23.9 Å². The third kappa shape index (κ3) is 5.04. The van der Waals surface area contributed by atoms with E-state index in [2.05, 4.69) is 0 Å². The molecule has 1 saturated heterocycles. The molecule has 7 heteroatoms. The van der Waals surface area contributed by atoms with Crippen molar-refractivity contribution in [3.8, 4) is 0 Å². The minimum Gasteiger partial charge on any atom is -0.325 e. The number of carbonyl (C=O) groups is 1. The Bertz CT molecular complexity index is 829. The molecule has 0 bridgehead atoms. The normalized spacial score (nSPS) is 17.0. The molecule has 1 fully saturated rings. The molecule has 3 rings (SSSR count). The van der Waals surface area contributed by atoms with Gasteiger partial charge in [-0.2, -0.15) is 0 Å². The number of hydrogen-bond donors (Lipinski definition) is 0. The molecule has 150 valence electrons. The zero-order valence-corrected chi connectivity index (χ0v) is 17.4. The molecule has 2 aromatic rings. The molecule has 3 nitrogen and oxygen atoms in total. The van der Waals surface area contributed by atoms with Gasteiger partial charge in [0, 0.05) is 41.5 Å². The van der Waals surface area contributed by atoms with Crippen molar-refractivity contribution in [3.63, 3.8) is 0 Å². The average Bonchev–Trinajstić information content (AvgIpc) is 3.10. The second-order valence-corrected chi connectivity index (χ2v) is 8.70. The fourth-order valence-corrected chi connectivity index (χ4v) is 4.90. The zero-order valence-electron chi connectivity index (χ0n) is 15.9. The maximum atomic E-state index is 13.5. The van der Waals surface area contributed by atoms with Crippen LogP contribution in [0.3, 0.4) is 0 Å². The second kappa shape index (κ2) is 9.25. The molecular formula is C21H23ClF2N2OS. The Labute approximate surface area is 173 Å². The van der Waals surface area contributed by atoms with Crippen molar-refractivity contribution >= 4 is 29.3 Å². The highest BCUT2D eigenvalue weighted by atomic mass is 35.5. The van der Waals surface area contributed by atoms with Crippen LogP contribution in [0.5, 0.6) is 0 Å². The lowest BCUT2D eigenvalue weighted by Gasteiger charge is -2.30. The number of halogens is 3. The fraction of sp³-hybridized carbons (Fsp3) is 0.381. The van der Waals surface area contributed by atoms with Crippen LogP contribution in [-0.2, 0) is 11.3 Å². The molecule has 0 saturated carbocycles. The van der Waals surface area contributed by atoms with Gasteiger partial charge < -0.3 is 4.90 Å². The van der Waals surface area contributed by atoms with Crippen LogP contribution in [0.25, 0.3) is 0 Å². The number of carbonyl (C=O) groups excluding carboxylic acids is 1. The van der Waals surface area contributed by atoms with Crippen molar-refractivity contribution in [3.05, 3.63) is 70.2 Å². The fourth-order valence-electron chi connectivity index (χ4n) is 3.28. The minimum absolute atomic E-state index is 0.0134. The number of thioether (sulfide) groups is 1. The molecular weight excluding hydrogens is 402 g/mol. The standard InChI is InChI=1S/C21H23ClF2N2OS/c1-14(2)25(12-15-9-16(23)11-17(24)10-15)13-20(27)26-7-8-28-21(26)18-5-3-4-6-19(18)22/h3-6,9-11,14,21H,7-8,12-13H2,1-2H3/t21-/m1/s1. The van der Waals surface area contributed by atoms with E-state index in [9.17, 15) is 13.6 Å². The molecule has 1 atom stereocenters. The summed E-state index contributed by atoms with van der Waals surface area (Å²) in [5, 5.41) is 0.539. The summed E-state index contributed by atoms with van der Waals surface area (Å²) in [6.07, 6.45) is 0. The highest BCUT2D eigenvalue weighted by molar-refractivity contribution is 7.99. The van der Waals surface area contributed by atoms with Gasteiger partial charge in [0.05, 0.1) is 6.54 Å². The second-order valence-electron chi connectivity index (χ2n) is 7.11. The molecule has 0 aromatic heterocycles. The third-order valence-electron chi connectivity index (χ3n) is 4.76. The average molecular weight is 425 g/mol. The molecule has 0 spiro atoms. The lowest BCUT2D eigenvalue weighted by Crippen LogP contribution is -2.42. The largest absolute Gasteiger partial charge is 0.325 e. The summed E-state index contributed by atoms with van der Waals surface area (Å²) in [6.45, 7) is 5.06. The summed E-state index contributed by atoms with van der Waals surface area (Å²) < 4.78 is 27.0. The highest BCUT2D eigenvalue weighted by Gasteiger charge is 2.32. The summed E-state index contributed by atoms with van der Waals surface area (Å²) in [5.74, 6) is -0.390. The Balaban J connectivity index is 1.74. The van der Waals surface area contributed by atoms with E-state index < -0.39 is 11.6 Å². The van der Waals surface area contributed by atoms with Gasteiger partial charge in [0.15, 0.2) is 0 Å². The van der Waals surface area contributed by atoms with Crippen molar-refractivity contribution in [1.82, 2.24) is 9.80 Å². The quantitative estimate of drug-likeness (QED) is 0.644. The Hall–Kier alpha value is -1.63. The first-order valence-electron chi connectivity index (χ1n) is 9.19. The summed E-state index contributed by atoms with van der Waals surface area (Å²) in [6, 6.07) is 11.1. The van der Waals surface area contributed by atoms with Crippen LogP contribution in [0, 0.1) is 11.6 Å². The maximum Gasteiger partial charge on any atom is 0.237 e. The Kier molecular flexibility index (Phi) is 6.96. The van der Waals surface area contributed by atoms with Crippen molar-refractivity contribution in [2.24, 2.45) is 0 Å². The number of amides is 1. The third-order valence-corrected chi connectivity index (χ3v) is 6.35. The van der Waals surface area contributed by atoms with Crippen LogP contribution in [0.1, 0.15) is 30.3 Å². The molecule has 0 radical (unpaired) electrons. The smallest absolute Gasteiger partial charge is 0.237 e. The number of rotatable bonds is 6. The van der Waals surface area contributed by atoms with E-state index in [0.717, 1.165) is 17.4 Å². The van der Waals surface area contributed by atoms with E-state index in [1.807, 2.05) is 47.9 Å². The molecule has 0 N–H and O–H groups in total. The van der Waals surface area contributed by atoms with E-state index in [4.69, 9.17) is 11.6 Å². The van der Waals surface area contributed by atoms with Crippen molar-refractivity contribution in [2.45, 2.75) is 31.8 Å². The summed E-state index contributed by atoms with van der Waals surface area (Å²) >= 11 is 8.03. The zero-order chi connectivity index (χ0) is 20.3.